The standard InChI is InChI=1S/C26H26N8O3S/c1-3-13-34-24-19(25(35)31-22(30-24)17-8-5-6-9-18(17)36-15-4-2)20(32-34)21(23-28-10-7-11-29-23)37-26(38)33-14-12-27-16-33/h5-12,14,16,21H,3-4,13,15H2,1-2H3,(H,30,31,35). The van der Waals surface area contributed by atoms with Crippen molar-refractivity contribution in [2.24, 2.45) is 0 Å². The normalized spacial score (nSPS) is 11.9. The van der Waals surface area contributed by atoms with E-state index < -0.39 is 6.10 Å². The zero-order valence-corrected chi connectivity index (χ0v) is 21.8. The molecule has 1 atom stereocenters. The number of aromatic amines is 1. The Kier molecular flexibility index (Phi) is 7.50. The van der Waals surface area contributed by atoms with Crippen LogP contribution in [0.25, 0.3) is 22.4 Å². The van der Waals surface area contributed by atoms with Gasteiger partial charge in [0, 0.05) is 31.3 Å². The second-order valence-corrected chi connectivity index (χ2v) is 8.76. The number of hydrogen-bond acceptors (Lipinski definition) is 9. The van der Waals surface area contributed by atoms with Crippen LogP contribution in [0.5, 0.6) is 5.75 Å². The Labute approximate surface area is 223 Å². The maximum absolute atomic E-state index is 13.7. The summed E-state index contributed by atoms with van der Waals surface area (Å²) < 4.78 is 15.3. The van der Waals surface area contributed by atoms with Crippen molar-refractivity contribution in [3.63, 3.8) is 0 Å². The SMILES string of the molecule is CCCOc1ccccc1-c1nc2c(c(C(OC(=S)n3ccnc3)c3ncccn3)nn2CCC)c(=O)[nH]1. The van der Waals surface area contributed by atoms with E-state index in [0.717, 1.165) is 12.8 Å². The molecule has 1 N–H and O–H groups in total. The molecule has 0 bridgehead atoms. The van der Waals surface area contributed by atoms with Crippen LogP contribution < -0.4 is 10.3 Å². The molecule has 4 aromatic heterocycles. The monoisotopic (exact) mass is 530 g/mol. The second-order valence-electron chi connectivity index (χ2n) is 8.41. The third-order valence-corrected chi connectivity index (χ3v) is 5.98. The highest BCUT2D eigenvalue weighted by Crippen LogP contribution is 2.31. The predicted molar refractivity (Wildman–Crippen MR) is 145 cm³/mol. The average molecular weight is 531 g/mol. The number of ether oxygens (including phenoxy) is 2. The van der Waals surface area contributed by atoms with Crippen molar-refractivity contribution in [1.82, 2.24) is 39.3 Å². The summed E-state index contributed by atoms with van der Waals surface area (Å²) in [5, 5.41) is 5.16. The number of aromatic nitrogens is 8. The van der Waals surface area contributed by atoms with Crippen LogP contribution in [0, 0.1) is 0 Å². The van der Waals surface area contributed by atoms with Crippen LogP contribution in [0.4, 0.5) is 0 Å². The molecule has 1 unspecified atom stereocenters. The molecule has 0 aliphatic carbocycles. The Morgan fingerprint density at radius 3 is 2.66 bits per heavy atom. The number of nitrogens with one attached hydrogen (secondary N) is 1. The van der Waals surface area contributed by atoms with Crippen LogP contribution in [0.1, 0.15) is 44.3 Å². The number of rotatable bonds is 9. The molecule has 0 radical (unpaired) electrons. The smallest absolute Gasteiger partial charge is 0.270 e. The molecule has 11 nitrogen and oxygen atoms in total. The third kappa shape index (κ3) is 5.02. The van der Waals surface area contributed by atoms with E-state index in [1.165, 1.54) is 6.33 Å². The number of para-hydroxylation sites is 1. The summed E-state index contributed by atoms with van der Waals surface area (Å²) in [6, 6.07) is 9.18. The van der Waals surface area contributed by atoms with Crippen LogP contribution >= 0.6 is 12.2 Å². The molecular weight excluding hydrogens is 504 g/mol. The molecule has 0 saturated heterocycles. The number of hydrogen-bond donors (Lipinski definition) is 1. The number of aryl methyl sites for hydroxylation is 1. The maximum Gasteiger partial charge on any atom is 0.270 e. The van der Waals surface area contributed by atoms with Gasteiger partial charge in [0.15, 0.2) is 11.5 Å². The van der Waals surface area contributed by atoms with Gasteiger partial charge in [0.1, 0.15) is 29.0 Å². The summed E-state index contributed by atoms with van der Waals surface area (Å²) in [6.07, 6.45) is 8.64. The van der Waals surface area contributed by atoms with Gasteiger partial charge in [0.05, 0.1) is 12.2 Å². The molecular formula is C26H26N8O3S. The van der Waals surface area contributed by atoms with Gasteiger partial charge in [-0.1, -0.05) is 26.0 Å². The fourth-order valence-electron chi connectivity index (χ4n) is 3.99. The van der Waals surface area contributed by atoms with Crippen molar-refractivity contribution in [3.05, 3.63) is 83.3 Å². The first-order valence-corrected chi connectivity index (χ1v) is 12.7. The van der Waals surface area contributed by atoms with Gasteiger partial charge in [0.2, 0.25) is 6.10 Å². The van der Waals surface area contributed by atoms with E-state index in [-0.39, 0.29) is 16.1 Å². The minimum Gasteiger partial charge on any atom is -0.493 e. The summed E-state index contributed by atoms with van der Waals surface area (Å²) in [7, 11) is 0. The van der Waals surface area contributed by atoms with E-state index in [9.17, 15) is 4.79 Å². The van der Waals surface area contributed by atoms with Crippen LogP contribution in [0.2, 0.25) is 0 Å². The molecule has 0 aliphatic rings. The average Bonchev–Trinajstić information content (AvgIpc) is 3.61. The molecule has 0 amide bonds. The summed E-state index contributed by atoms with van der Waals surface area (Å²) in [5.74, 6) is 1.34. The van der Waals surface area contributed by atoms with Crippen molar-refractivity contribution < 1.29 is 9.47 Å². The largest absolute Gasteiger partial charge is 0.493 e. The number of benzene rings is 1. The molecule has 194 valence electrons. The first-order chi connectivity index (χ1) is 18.6. The van der Waals surface area contributed by atoms with E-state index in [1.54, 1.807) is 40.1 Å². The van der Waals surface area contributed by atoms with Gasteiger partial charge < -0.3 is 14.5 Å². The number of imidazole rings is 1. The van der Waals surface area contributed by atoms with Gasteiger partial charge in [-0.3, -0.25) is 9.36 Å². The minimum atomic E-state index is -0.958. The van der Waals surface area contributed by atoms with E-state index in [0.29, 0.717) is 47.5 Å². The Bertz CT molecular complexity index is 1600. The van der Waals surface area contributed by atoms with E-state index >= 15 is 0 Å². The van der Waals surface area contributed by atoms with Gasteiger partial charge in [-0.2, -0.15) is 5.10 Å². The Morgan fingerprint density at radius 1 is 1.11 bits per heavy atom. The number of thiocarbonyl (C=S) groups is 1. The summed E-state index contributed by atoms with van der Waals surface area (Å²) >= 11 is 5.49. The fourth-order valence-corrected chi connectivity index (χ4v) is 4.20. The fraction of sp³-hybridized carbons (Fsp3) is 0.269. The summed E-state index contributed by atoms with van der Waals surface area (Å²) in [4.78, 5) is 34.2. The topological polar surface area (TPSA) is 126 Å². The molecule has 5 rings (SSSR count). The van der Waals surface area contributed by atoms with Gasteiger partial charge in [-0.15, -0.1) is 0 Å². The zero-order valence-electron chi connectivity index (χ0n) is 20.9. The molecule has 4 heterocycles. The Hall–Kier alpha value is -4.45. The molecule has 5 aromatic rings. The number of fused-ring (bicyclic) bond motifs is 1. The maximum atomic E-state index is 13.7. The lowest BCUT2D eigenvalue weighted by Gasteiger charge is -2.17. The summed E-state index contributed by atoms with van der Waals surface area (Å²) in [5.41, 5.74) is 1.05. The van der Waals surface area contributed by atoms with E-state index in [1.807, 2.05) is 38.1 Å². The molecule has 1 aromatic carbocycles. The van der Waals surface area contributed by atoms with Crippen LogP contribution in [-0.2, 0) is 11.3 Å². The van der Waals surface area contributed by atoms with E-state index in [2.05, 4.69) is 19.9 Å². The molecule has 38 heavy (non-hydrogen) atoms. The number of H-pyrrole nitrogens is 1. The highest BCUT2D eigenvalue weighted by molar-refractivity contribution is 7.80. The first-order valence-electron chi connectivity index (χ1n) is 12.3. The van der Waals surface area contributed by atoms with Crippen molar-refractivity contribution in [2.45, 2.75) is 39.3 Å². The van der Waals surface area contributed by atoms with Gasteiger partial charge in [-0.05, 0) is 43.3 Å². The van der Waals surface area contributed by atoms with Gasteiger partial charge >= 0.3 is 0 Å². The second kappa shape index (κ2) is 11.3. The van der Waals surface area contributed by atoms with Crippen molar-refractivity contribution in [1.29, 1.82) is 0 Å². The molecule has 0 fully saturated rings. The van der Waals surface area contributed by atoms with Crippen molar-refractivity contribution in [3.8, 4) is 17.1 Å². The number of nitrogens with zero attached hydrogens (tertiary/aromatic N) is 7. The van der Waals surface area contributed by atoms with E-state index in [4.69, 9.17) is 31.8 Å². The lowest BCUT2D eigenvalue weighted by molar-refractivity contribution is 0.215. The Balaban J connectivity index is 1.67. The quantitative estimate of drug-likeness (QED) is 0.282. The lowest BCUT2D eigenvalue weighted by Crippen LogP contribution is -2.20. The van der Waals surface area contributed by atoms with Gasteiger partial charge in [-0.25, -0.2) is 24.6 Å². The van der Waals surface area contributed by atoms with Crippen molar-refractivity contribution >= 4 is 28.4 Å². The minimum absolute atomic E-state index is 0.112. The van der Waals surface area contributed by atoms with Gasteiger partial charge in [0.25, 0.3) is 10.7 Å². The predicted octanol–water partition coefficient (Wildman–Crippen LogP) is 3.91. The van der Waals surface area contributed by atoms with Crippen molar-refractivity contribution in [2.75, 3.05) is 6.61 Å². The molecule has 0 saturated carbocycles. The lowest BCUT2D eigenvalue weighted by atomic mass is 10.1. The highest BCUT2D eigenvalue weighted by Gasteiger charge is 2.30. The van der Waals surface area contributed by atoms with Crippen LogP contribution in [0.15, 0.2) is 66.2 Å². The first kappa shape index (κ1) is 25.2. The summed E-state index contributed by atoms with van der Waals surface area (Å²) in [6.45, 7) is 5.15. The molecule has 0 spiro atoms. The Morgan fingerprint density at radius 2 is 1.92 bits per heavy atom. The van der Waals surface area contributed by atoms with Crippen LogP contribution in [0.3, 0.4) is 0 Å². The van der Waals surface area contributed by atoms with Crippen LogP contribution in [-0.4, -0.2) is 51.0 Å². The molecule has 0 aliphatic heterocycles. The molecule has 12 heteroatoms. The zero-order chi connectivity index (χ0) is 26.5. The third-order valence-electron chi connectivity index (χ3n) is 5.67. The highest BCUT2D eigenvalue weighted by atomic mass is 32.1.